The molecule has 1 saturated heterocycles. The number of anilines is 1. The number of hydrogen-bond acceptors (Lipinski definition) is 4. The maximum absolute atomic E-state index is 4.50. The van der Waals surface area contributed by atoms with Crippen LogP contribution in [0.1, 0.15) is 12.8 Å². The fourth-order valence-electron chi connectivity index (χ4n) is 2.64. The Balaban J connectivity index is 1.90. The molecule has 1 aliphatic heterocycles. The summed E-state index contributed by atoms with van der Waals surface area (Å²) in [7, 11) is 2.12. The van der Waals surface area contributed by atoms with Crippen molar-refractivity contribution in [2.45, 2.75) is 18.9 Å². The molecule has 0 aromatic carbocycles. The molecule has 1 aliphatic rings. The highest BCUT2D eigenvalue weighted by Gasteiger charge is 2.17. The van der Waals surface area contributed by atoms with Crippen molar-refractivity contribution < 1.29 is 0 Å². The van der Waals surface area contributed by atoms with Crippen LogP contribution in [0, 0.1) is 0 Å². The summed E-state index contributed by atoms with van der Waals surface area (Å²) in [5, 5.41) is 3.53. The van der Waals surface area contributed by atoms with Crippen LogP contribution < -0.4 is 10.2 Å². The summed E-state index contributed by atoms with van der Waals surface area (Å²) in [6.45, 7) is 2.15. The molecule has 19 heavy (non-hydrogen) atoms. The predicted molar refractivity (Wildman–Crippen MR) is 81.5 cm³/mol. The summed E-state index contributed by atoms with van der Waals surface area (Å²) < 4.78 is 0.963. The number of aromatic nitrogens is 2. The molecule has 1 fully saturated rings. The molecule has 0 amide bonds. The van der Waals surface area contributed by atoms with Crippen LogP contribution in [0.3, 0.4) is 0 Å². The van der Waals surface area contributed by atoms with Crippen molar-refractivity contribution >= 4 is 32.7 Å². The van der Waals surface area contributed by atoms with E-state index in [9.17, 15) is 0 Å². The van der Waals surface area contributed by atoms with Crippen molar-refractivity contribution in [2.24, 2.45) is 0 Å². The van der Waals surface area contributed by atoms with E-state index in [0.717, 1.165) is 34.3 Å². The minimum absolute atomic E-state index is 0.587. The Morgan fingerprint density at radius 2 is 2.37 bits per heavy atom. The van der Waals surface area contributed by atoms with E-state index in [1.165, 1.54) is 12.8 Å². The van der Waals surface area contributed by atoms with Gasteiger partial charge in [-0.05, 0) is 47.4 Å². The lowest BCUT2D eigenvalue weighted by atomic mass is 10.2. The van der Waals surface area contributed by atoms with Gasteiger partial charge in [-0.1, -0.05) is 0 Å². The van der Waals surface area contributed by atoms with Gasteiger partial charge in [-0.15, -0.1) is 0 Å². The summed E-state index contributed by atoms with van der Waals surface area (Å²) in [6.07, 6.45) is 6.21. The van der Waals surface area contributed by atoms with E-state index in [1.54, 1.807) is 0 Å². The van der Waals surface area contributed by atoms with Crippen molar-refractivity contribution in [2.75, 3.05) is 25.0 Å². The first-order valence-electron chi connectivity index (χ1n) is 6.59. The van der Waals surface area contributed by atoms with Crippen LogP contribution in [-0.4, -0.2) is 36.1 Å². The molecule has 0 radical (unpaired) electrons. The Kier molecular flexibility index (Phi) is 3.66. The minimum atomic E-state index is 0.587. The van der Waals surface area contributed by atoms with Gasteiger partial charge in [0.15, 0.2) is 0 Å². The largest absolute Gasteiger partial charge is 0.371 e. The second kappa shape index (κ2) is 5.43. The molecule has 1 unspecified atom stereocenters. The van der Waals surface area contributed by atoms with Gasteiger partial charge in [-0.2, -0.15) is 0 Å². The van der Waals surface area contributed by atoms with E-state index < -0.39 is 0 Å². The Morgan fingerprint density at radius 1 is 1.47 bits per heavy atom. The van der Waals surface area contributed by atoms with Crippen LogP contribution in [0.15, 0.2) is 29.0 Å². The number of fused-ring (bicyclic) bond motifs is 1. The Hall–Kier alpha value is -1.20. The molecule has 100 valence electrons. The van der Waals surface area contributed by atoms with Crippen molar-refractivity contribution in [3.8, 4) is 0 Å². The SMILES string of the molecule is CN(CC1CCCN1)c1ccnc2cc(Br)cnc12. The third-order valence-corrected chi connectivity index (χ3v) is 4.02. The lowest BCUT2D eigenvalue weighted by Gasteiger charge is -2.24. The smallest absolute Gasteiger partial charge is 0.112 e. The number of hydrogen-bond donors (Lipinski definition) is 1. The Labute approximate surface area is 121 Å². The monoisotopic (exact) mass is 320 g/mol. The fourth-order valence-corrected chi connectivity index (χ4v) is 2.96. The van der Waals surface area contributed by atoms with Gasteiger partial charge < -0.3 is 10.2 Å². The number of nitrogens with one attached hydrogen (secondary N) is 1. The summed E-state index contributed by atoms with van der Waals surface area (Å²) >= 11 is 3.44. The summed E-state index contributed by atoms with van der Waals surface area (Å²) in [6, 6.07) is 4.63. The van der Waals surface area contributed by atoms with Crippen molar-refractivity contribution in [1.29, 1.82) is 0 Å². The van der Waals surface area contributed by atoms with Gasteiger partial charge >= 0.3 is 0 Å². The van der Waals surface area contributed by atoms with Crippen molar-refractivity contribution in [3.63, 3.8) is 0 Å². The lowest BCUT2D eigenvalue weighted by Crippen LogP contribution is -2.35. The van der Waals surface area contributed by atoms with Crippen LogP contribution in [-0.2, 0) is 0 Å². The number of halogens is 1. The van der Waals surface area contributed by atoms with Crippen LogP contribution in [0.2, 0.25) is 0 Å². The highest BCUT2D eigenvalue weighted by Crippen LogP contribution is 2.25. The number of pyridine rings is 2. The maximum Gasteiger partial charge on any atom is 0.112 e. The zero-order valence-electron chi connectivity index (χ0n) is 10.9. The lowest BCUT2D eigenvalue weighted by molar-refractivity contribution is 0.600. The average molecular weight is 321 g/mol. The first-order valence-corrected chi connectivity index (χ1v) is 7.38. The average Bonchev–Trinajstić information content (AvgIpc) is 2.90. The Morgan fingerprint density at radius 3 is 3.16 bits per heavy atom. The molecule has 4 nitrogen and oxygen atoms in total. The molecule has 5 heteroatoms. The molecule has 0 spiro atoms. The van der Waals surface area contributed by atoms with Gasteiger partial charge in [0.25, 0.3) is 0 Å². The predicted octanol–water partition coefficient (Wildman–Crippen LogP) is 2.58. The van der Waals surface area contributed by atoms with Crippen molar-refractivity contribution in [1.82, 2.24) is 15.3 Å². The summed E-state index contributed by atoms with van der Waals surface area (Å²) in [5.41, 5.74) is 3.04. The van der Waals surface area contributed by atoms with E-state index in [2.05, 4.69) is 43.2 Å². The first kappa shape index (κ1) is 12.8. The number of likely N-dealkylation sites (N-methyl/N-ethyl adjacent to an activating group) is 1. The van der Waals surface area contributed by atoms with E-state index >= 15 is 0 Å². The summed E-state index contributed by atoms with van der Waals surface area (Å²) in [5.74, 6) is 0. The van der Waals surface area contributed by atoms with Gasteiger partial charge in [0.2, 0.25) is 0 Å². The van der Waals surface area contributed by atoms with Gasteiger partial charge in [0.05, 0.1) is 11.2 Å². The van der Waals surface area contributed by atoms with E-state index in [4.69, 9.17) is 0 Å². The second-order valence-corrected chi connectivity index (χ2v) is 5.94. The normalized spacial score (nSPS) is 18.9. The molecule has 2 aromatic rings. The van der Waals surface area contributed by atoms with Crippen LogP contribution in [0.25, 0.3) is 11.0 Å². The van der Waals surface area contributed by atoms with E-state index in [1.807, 2.05) is 24.5 Å². The molecule has 3 rings (SSSR count). The van der Waals surface area contributed by atoms with Gasteiger partial charge in [-0.3, -0.25) is 9.97 Å². The van der Waals surface area contributed by atoms with Gasteiger partial charge in [-0.25, -0.2) is 0 Å². The molecule has 0 aliphatic carbocycles. The molecule has 1 atom stereocenters. The number of rotatable bonds is 3. The first-order chi connectivity index (χ1) is 9.24. The van der Waals surface area contributed by atoms with E-state index in [0.29, 0.717) is 6.04 Å². The molecular formula is C14H17BrN4. The maximum atomic E-state index is 4.50. The third-order valence-electron chi connectivity index (χ3n) is 3.59. The Bertz CT molecular complexity index is 581. The van der Waals surface area contributed by atoms with Gasteiger partial charge in [0.1, 0.15) is 5.52 Å². The van der Waals surface area contributed by atoms with Crippen LogP contribution >= 0.6 is 15.9 Å². The van der Waals surface area contributed by atoms with E-state index in [-0.39, 0.29) is 0 Å². The highest BCUT2D eigenvalue weighted by molar-refractivity contribution is 9.10. The zero-order valence-corrected chi connectivity index (χ0v) is 12.5. The fraction of sp³-hybridized carbons (Fsp3) is 0.429. The topological polar surface area (TPSA) is 41.0 Å². The third kappa shape index (κ3) is 2.72. The quantitative estimate of drug-likeness (QED) is 0.943. The van der Waals surface area contributed by atoms with Crippen molar-refractivity contribution in [3.05, 3.63) is 29.0 Å². The van der Waals surface area contributed by atoms with Gasteiger partial charge in [0, 0.05) is 36.5 Å². The molecular weight excluding hydrogens is 304 g/mol. The van der Waals surface area contributed by atoms with Crippen LogP contribution in [0.5, 0.6) is 0 Å². The molecule has 0 bridgehead atoms. The molecule has 0 saturated carbocycles. The summed E-state index contributed by atoms with van der Waals surface area (Å²) in [4.78, 5) is 11.2. The molecule has 3 heterocycles. The highest BCUT2D eigenvalue weighted by atomic mass is 79.9. The minimum Gasteiger partial charge on any atom is -0.371 e. The molecule has 2 aromatic heterocycles. The molecule has 1 N–H and O–H groups in total. The zero-order chi connectivity index (χ0) is 13.2. The standard InChI is InChI=1S/C14H17BrN4/c1-19(9-11-3-2-5-16-11)13-4-6-17-12-7-10(15)8-18-14(12)13/h4,6-8,11,16H,2-3,5,9H2,1H3. The second-order valence-electron chi connectivity index (χ2n) is 5.03. The van der Waals surface area contributed by atoms with Crippen LogP contribution in [0.4, 0.5) is 5.69 Å². The number of nitrogens with zero attached hydrogens (tertiary/aromatic N) is 3.